The van der Waals surface area contributed by atoms with Crippen LogP contribution in [0.2, 0.25) is 0 Å². The molecular formula is C15H21N3O. The average molecular weight is 259 g/mol. The molecule has 1 aromatic carbocycles. The zero-order chi connectivity index (χ0) is 13.8. The topological polar surface area (TPSA) is 50.8 Å². The summed E-state index contributed by atoms with van der Waals surface area (Å²) in [5.74, 6) is 1.37. The number of aromatic nitrogens is 3. The molecule has 0 aliphatic rings. The first-order valence-corrected chi connectivity index (χ1v) is 6.70. The molecule has 4 heteroatoms. The van der Waals surface area contributed by atoms with Gasteiger partial charge in [-0.1, -0.05) is 24.6 Å². The molecule has 0 aliphatic heterocycles. The third-order valence-corrected chi connectivity index (χ3v) is 3.25. The molecule has 0 saturated carbocycles. The van der Waals surface area contributed by atoms with Crippen LogP contribution in [0.4, 0.5) is 0 Å². The van der Waals surface area contributed by atoms with Crippen molar-refractivity contribution in [2.24, 2.45) is 0 Å². The highest BCUT2D eigenvalue weighted by Gasteiger charge is 2.16. The van der Waals surface area contributed by atoms with Crippen molar-refractivity contribution in [1.29, 1.82) is 0 Å². The van der Waals surface area contributed by atoms with Gasteiger partial charge in [0.2, 0.25) is 0 Å². The van der Waals surface area contributed by atoms with E-state index in [0.717, 1.165) is 17.9 Å². The quantitative estimate of drug-likeness (QED) is 0.897. The molecule has 0 radical (unpaired) electrons. The van der Waals surface area contributed by atoms with E-state index < -0.39 is 0 Å². The van der Waals surface area contributed by atoms with Crippen molar-refractivity contribution in [2.75, 3.05) is 6.61 Å². The largest absolute Gasteiger partial charge is 0.493 e. The second-order valence-corrected chi connectivity index (χ2v) is 5.00. The maximum absolute atomic E-state index is 5.82. The normalized spacial score (nSPS) is 12.4. The van der Waals surface area contributed by atoms with E-state index in [1.165, 1.54) is 16.7 Å². The summed E-state index contributed by atoms with van der Waals surface area (Å²) in [5, 5.41) is 10.6. The standard InChI is InChI=1S/C15H21N3O/c1-5-19-15-12(4)6-10(2)7-14(15)11(3)8-13-9-16-18-17-13/h6-7,9,11H,5,8H2,1-4H3,(H,16,17,18). The van der Waals surface area contributed by atoms with Crippen LogP contribution in [0.25, 0.3) is 0 Å². The van der Waals surface area contributed by atoms with Gasteiger partial charge in [0.1, 0.15) is 5.75 Å². The number of nitrogens with zero attached hydrogens (tertiary/aromatic N) is 2. The molecule has 0 amide bonds. The molecule has 0 fully saturated rings. The number of nitrogens with one attached hydrogen (secondary N) is 1. The Balaban J connectivity index is 2.31. The van der Waals surface area contributed by atoms with Crippen LogP contribution >= 0.6 is 0 Å². The van der Waals surface area contributed by atoms with Crippen LogP contribution in [0.1, 0.15) is 42.1 Å². The second-order valence-electron chi connectivity index (χ2n) is 5.00. The van der Waals surface area contributed by atoms with Gasteiger partial charge in [0.15, 0.2) is 0 Å². The van der Waals surface area contributed by atoms with Gasteiger partial charge in [-0.3, -0.25) is 0 Å². The Bertz CT molecular complexity index is 535. The molecule has 0 spiro atoms. The minimum absolute atomic E-state index is 0.352. The predicted octanol–water partition coefficient (Wildman–Crippen LogP) is 3.17. The van der Waals surface area contributed by atoms with Crippen molar-refractivity contribution in [2.45, 2.75) is 40.0 Å². The SMILES string of the molecule is CCOc1c(C)cc(C)cc1C(C)Cc1cn[nH]n1. The number of benzene rings is 1. The van der Waals surface area contributed by atoms with Crippen LogP contribution in [0.15, 0.2) is 18.3 Å². The second kappa shape index (κ2) is 5.87. The van der Waals surface area contributed by atoms with Gasteiger partial charge >= 0.3 is 0 Å². The summed E-state index contributed by atoms with van der Waals surface area (Å²) in [6.45, 7) is 9.13. The number of aromatic amines is 1. The molecule has 1 heterocycles. The lowest BCUT2D eigenvalue weighted by Gasteiger charge is -2.18. The lowest BCUT2D eigenvalue weighted by atomic mass is 9.92. The number of rotatable bonds is 5. The Hall–Kier alpha value is -1.84. The van der Waals surface area contributed by atoms with Crippen LogP contribution in [-0.4, -0.2) is 22.0 Å². The summed E-state index contributed by atoms with van der Waals surface area (Å²) in [5.41, 5.74) is 4.70. The van der Waals surface area contributed by atoms with Crippen molar-refractivity contribution >= 4 is 0 Å². The average Bonchev–Trinajstić information content (AvgIpc) is 2.85. The Morgan fingerprint density at radius 1 is 1.32 bits per heavy atom. The summed E-state index contributed by atoms with van der Waals surface area (Å²) in [6.07, 6.45) is 2.64. The van der Waals surface area contributed by atoms with E-state index in [0.29, 0.717) is 12.5 Å². The lowest BCUT2D eigenvalue weighted by Crippen LogP contribution is -2.05. The van der Waals surface area contributed by atoms with Gasteiger partial charge in [0, 0.05) is 0 Å². The number of hydrogen-bond donors (Lipinski definition) is 1. The number of ether oxygens (including phenoxy) is 1. The molecular weight excluding hydrogens is 238 g/mol. The summed E-state index contributed by atoms with van der Waals surface area (Å²) < 4.78 is 5.82. The zero-order valence-corrected chi connectivity index (χ0v) is 12.0. The minimum Gasteiger partial charge on any atom is -0.493 e. The predicted molar refractivity (Wildman–Crippen MR) is 75.6 cm³/mol. The molecule has 1 N–H and O–H groups in total. The van der Waals surface area contributed by atoms with Gasteiger partial charge in [-0.05, 0) is 44.2 Å². The first-order chi connectivity index (χ1) is 9.11. The summed E-state index contributed by atoms with van der Waals surface area (Å²) in [4.78, 5) is 0. The fourth-order valence-electron chi connectivity index (χ4n) is 2.44. The van der Waals surface area contributed by atoms with Crippen LogP contribution in [0.3, 0.4) is 0 Å². The van der Waals surface area contributed by atoms with E-state index in [4.69, 9.17) is 4.74 Å². The number of hydrogen-bond acceptors (Lipinski definition) is 3. The maximum Gasteiger partial charge on any atom is 0.125 e. The highest BCUT2D eigenvalue weighted by Crippen LogP contribution is 2.33. The highest BCUT2D eigenvalue weighted by molar-refractivity contribution is 5.45. The molecule has 1 unspecified atom stereocenters. The molecule has 2 rings (SSSR count). The summed E-state index contributed by atoms with van der Waals surface area (Å²) in [6, 6.07) is 4.38. The smallest absolute Gasteiger partial charge is 0.125 e. The Kier molecular flexibility index (Phi) is 4.20. The fourth-order valence-corrected chi connectivity index (χ4v) is 2.44. The molecule has 2 aromatic rings. The zero-order valence-electron chi connectivity index (χ0n) is 12.0. The van der Waals surface area contributed by atoms with Gasteiger partial charge in [-0.2, -0.15) is 15.4 Å². The molecule has 1 atom stereocenters. The van der Waals surface area contributed by atoms with Crippen LogP contribution in [0.5, 0.6) is 5.75 Å². The lowest BCUT2D eigenvalue weighted by molar-refractivity contribution is 0.332. The third-order valence-electron chi connectivity index (χ3n) is 3.25. The van der Waals surface area contributed by atoms with E-state index in [9.17, 15) is 0 Å². The van der Waals surface area contributed by atoms with Crippen molar-refractivity contribution in [3.05, 3.63) is 40.7 Å². The summed E-state index contributed by atoms with van der Waals surface area (Å²) in [7, 11) is 0. The van der Waals surface area contributed by atoms with Crippen LogP contribution in [-0.2, 0) is 6.42 Å². The molecule has 0 saturated heterocycles. The van der Waals surface area contributed by atoms with Crippen molar-refractivity contribution in [3.8, 4) is 5.75 Å². The van der Waals surface area contributed by atoms with Gasteiger partial charge in [-0.15, -0.1) is 0 Å². The third kappa shape index (κ3) is 3.13. The summed E-state index contributed by atoms with van der Waals surface area (Å²) >= 11 is 0. The first-order valence-electron chi connectivity index (χ1n) is 6.70. The minimum atomic E-state index is 0.352. The van der Waals surface area contributed by atoms with Gasteiger partial charge < -0.3 is 4.74 Å². The van der Waals surface area contributed by atoms with E-state index in [2.05, 4.69) is 48.3 Å². The molecule has 0 bridgehead atoms. The fraction of sp³-hybridized carbons (Fsp3) is 0.467. The van der Waals surface area contributed by atoms with Crippen molar-refractivity contribution < 1.29 is 4.74 Å². The first kappa shape index (κ1) is 13.6. The molecule has 0 aliphatic carbocycles. The monoisotopic (exact) mass is 259 g/mol. The van der Waals surface area contributed by atoms with Crippen molar-refractivity contribution in [1.82, 2.24) is 15.4 Å². The van der Waals surface area contributed by atoms with Gasteiger partial charge in [-0.25, -0.2) is 0 Å². The Morgan fingerprint density at radius 3 is 2.74 bits per heavy atom. The molecule has 19 heavy (non-hydrogen) atoms. The number of H-pyrrole nitrogens is 1. The Labute approximate surface area is 114 Å². The van der Waals surface area contributed by atoms with E-state index in [-0.39, 0.29) is 0 Å². The maximum atomic E-state index is 5.82. The van der Waals surface area contributed by atoms with Crippen LogP contribution in [0, 0.1) is 13.8 Å². The van der Waals surface area contributed by atoms with Gasteiger partial charge in [0.25, 0.3) is 0 Å². The van der Waals surface area contributed by atoms with Gasteiger partial charge in [0.05, 0.1) is 18.5 Å². The Morgan fingerprint density at radius 2 is 2.11 bits per heavy atom. The molecule has 4 nitrogen and oxygen atoms in total. The van der Waals surface area contributed by atoms with Crippen LogP contribution < -0.4 is 4.74 Å². The van der Waals surface area contributed by atoms with E-state index in [1.54, 1.807) is 6.20 Å². The molecule has 1 aromatic heterocycles. The highest BCUT2D eigenvalue weighted by atomic mass is 16.5. The van der Waals surface area contributed by atoms with E-state index >= 15 is 0 Å². The number of aryl methyl sites for hydroxylation is 2. The van der Waals surface area contributed by atoms with Crippen molar-refractivity contribution in [3.63, 3.8) is 0 Å². The van der Waals surface area contributed by atoms with E-state index in [1.807, 2.05) is 6.92 Å². The molecule has 102 valence electrons.